The second-order valence-corrected chi connectivity index (χ2v) is 10.2. The van der Waals surface area contributed by atoms with Gasteiger partial charge in [-0.3, -0.25) is 9.52 Å². The van der Waals surface area contributed by atoms with E-state index in [4.69, 9.17) is 0 Å². The van der Waals surface area contributed by atoms with Crippen molar-refractivity contribution in [2.75, 3.05) is 5.32 Å². The SMILES string of the molecule is CC(C)(C)NSc1ccc(NC(=O)C(Cc2ccccc2)NSc2ccc(F)cc2)cc1. The predicted octanol–water partition coefficient (Wildman–Crippen LogP) is 6.07. The second-order valence-electron chi connectivity index (χ2n) is 8.38. The minimum absolute atomic E-state index is 0.00999. The third kappa shape index (κ3) is 8.31. The van der Waals surface area contributed by atoms with Crippen molar-refractivity contribution in [2.24, 2.45) is 0 Å². The number of nitrogens with one attached hydrogen (secondary N) is 3. The predicted molar refractivity (Wildman–Crippen MR) is 133 cm³/mol. The molecule has 4 nitrogen and oxygen atoms in total. The number of benzene rings is 3. The van der Waals surface area contributed by atoms with Crippen LogP contribution >= 0.6 is 23.9 Å². The zero-order valence-corrected chi connectivity index (χ0v) is 20.0. The number of anilines is 1. The maximum atomic E-state index is 13.2. The molecule has 0 radical (unpaired) electrons. The van der Waals surface area contributed by atoms with Gasteiger partial charge in [0.05, 0.1) is 0 Å². The number of carbonyl (C=O) groups is 1. The van der Waals surface area contributed by atoms with Crippen LogP contribution in [-0.4, -0.2) is 17.5 Å². The molecule has 0 aliphatic rings. The van der Waals surface area contributed by atoms with Crippen LogP contribution in [0.25, 0.3) is 0 Å². The van der Waals surface area contributed by atoms with Gasteiger partial charge >= 0.3 is 0 Å². The Kier molecular flexibility index (Phi) is 8.75. The molecule has 1 amide bonds. The van der Waals surface area contributed by atoms with Crippen molar-refractivity contribution in [2.45, 2.75) is 48.6 Å². The molecule has 168 valence electrons. The second kappa shape index (κ2) is 11.5. The quantitative estimate of drug-likeness (QED) is 0.332. The van der Waals surface area contributed by atoms with Gasteiger partial charge in [0.15, 0.2) is 0 Å². The lowest BCUT2D eigenvalue weighted by molar-refractivity contribution is -0.117. The topological polar surface area (TPSA) is 53.2 Å². The van der Waals surface area contributed by atoms with E-state index in [2.05, 4.69) is 35.5 Å². The fourth-order valence-corrected chi connectivity index (χ4v) is 4.16. The highest BCUT2D eigenvalue weighted by molar-refractivity contribution is 7.97. The Morgan fingerprint density at radius 3 is 2.09 bits per heavy atom. The first kappa shape index (κ1) is 24.3. The zero-order chi connectivity index (χ0) is 23.0. The van der Waals surface area contributed by atoms with E-state index in [1.807, 2.05) is 54.6 Å². The molecule has 7 heteroatoms. The summed E-state index contributed by atoms with van der Waals surface area (Å²) in [6, 6.07) is 23.3. The van der Waals surface area contributed by atoms with Gasteiger partial charge in [0.1, 0.15) is 11.9 Å². The molecule has 3 rings (SSSR count). The van der Waals surface area contributed by atoms with E-state index >= 15 is 0 Å². The van der Waals surface area contributed by atoms with Gasteiger partial charge in [-0.2, -0.15) is 0 Å². The standard InChI is InChI=1S/C25H28FN3OS2/c1-25(2,3)29-32-22-15-11-20(12-16-22)27-24(30)23(17-18-7-5-4-6-8-18)28-31-21-13-9-19(26)10-14-21/h4-16,23,28-29H,17H2,1-3H3,(H,27,30). The van der Waals surface area contributed by atoms with E-state index in [1.165, 1.54) is 24.1 Å². The molecule has 3 aromatic rings. The highest BCUT2D eigenvalue weighted by atomic mass is 32.2. The molecule has 0 heterocycles. The zero-order valence-electron chi connectivity index (χ0n) is 18.4. The summed E-state index contributed by atoms with van der Waals surface area (Å²) >= 11 is 2.88. The minimum atomic E-state index is -0.468. The molecule has 3 N–H and O–H groups in total. The summed E-state index contributed by atoms with van der Waals surface area (Å²) in [5.41, 5.74) is 1.80. The number of carbonyl (C=O) groups excluding carboxylic acids is 1. The van der Waals surface area contributed by atoms with E-state index in [0.717, 1.165) is 21.0 Å². The van der Waals surface area contributed by atoms with Crippen molar-refractivity contribution >= 4 is 35.5 Å². The molecule has 0 aliphatic heterocycles. The maximum absolute atomic E-state index is 13.2. The fourth-order valence-electron chi connectivity index (χ4n) is 2.73. The molecule has 0 saturated heterocycles. The van der Waals surface area contributed by atoms with Crippen molar-refractivity contribution < 1.29 is 9.18 Å². The lowest BCUT2D eigenvalue weighted by atomic mass is 10.1. The maximum Gasteiger partial charge on any atom is 0.242 e. The van der Waals surface area contributed by atoms with E-state index in [-0.39, 0.29) is 17.3 Å². The average molecular weight is 470 g/mol. The van der Waals surface area contributed by atoms with Crippen LogP contribution < -0.4 is 14.8 Å². The van der Waals surface area contributed by atoms with Crippen LogP contribution in [0, 0.1) is 5.82 Å². The molecule has 32 heavy (non-hydrogen) atoms. The number of rotatable bonds is 9. The summed E-state index contributed by atoms with van der Waals surface area (Å²) in [5.74, 6) is -0.413. The summed E-state index contributed by atoms with van der Waals surface area (Å²) in [6.45, 7) is 6.33. The van der Waals surface area contributed by atoms with E-state index < -0.39 is 6.04 Å². The van der Waals surface area contributed by atoms with Crippen LogP contribution in [0.1, 0.15) is 26.3 Å². The highest BCUT2D eigenvalue weighted by Crippen LogP contribution is 2.21. The van der Waals surface area contributed by atoms with E-state index in [9.17, 15) is 9.18 Å². The number of amides is 1. The molecular weight excluding hydrogens is 441 g/mol. The summed E-state index contributed by atoms with van der Waals surface area (Å²) in [4.78, 5) is 15.0. The monoisotopic (exact) mass is 469 g/mol. The first-order valence-corrected chi connectivity index (χ1v) is 12.0. The van der Waals surface area contributed by atoms with Gasteiger partial charge in [0, 0.05) is 21.0 Å². The van der Waals surface area contributed by atoms with Gasteiger partial charge in [-0.05, 0) is 105 Å². The lowest BCUT2D eigenvalue weighted by Gasteiger charge is -2.20. The normalized spacial score (nSPS) is 12.4. The van der Waals surface area contributed by atoms with Crippen LogP contribution in [0.3, 0.4) is 0 Å². The molecule has 0 spiro atoms. The van der Waals surface area contributed by atoms with Gasteiger partial charge in [0.25, 0.3) is 0 Å². The van der Waals surface area contributed by atoms with Gasteiger partial charge in [-0.1, -0.05) is 30.3 Å². The number of halogens is 1. The van der Waals surface area contributed by atoms with Crippen LogP contribution in [0.15, 0.2) is 88.7 Å². The third-order valence-electron chi connectivity index (χ3n) is 4.33. The average Bonchev–Trinajstić information content (AvgIpc) is 2.77. The smallest absolute Gasteiger partial charge is 0.242 e. The molecule has 1 unspecified atom stereocenters. The molecule has 0 bridgehead atoms. The first-order chi connectivity index (χ1) is 15.3. The number of hydrogen-bond acceptors (Lipinski definition) is 5. The number of hydrogen-bond donors (Lipinski definition) is 3. The third-order valence-corrected chi connectivity index (χ3v) is 6.46. The molecule has 0 aliphatic carbocycles. The van der Waals surface area contributed by atoms with Crippen LogP contribution in [0.5, 0.6) is 0 Å². The highest BCUT2D eigenvalue weighted by Gasteiger charge is 2.19. The molecule has 0 aromatic heterocycles. The Bertz CT molecular complexity index is 990. The van der Waals surface area contributed by atoms with Gasteiger partial charge in [-0.25, -0.2) is 9.11 Å². The van der Waals surface area contributed by atoms with Crippen LogP contribution in [-0.2, 0) is 11.2 Å². The Morgan fingerprint density at radius 1 is 0.875 bits per heavy atom. The van der Waals surface area contributed by atoms with E-state index in [1.54, 1.807) is 24.1 Å². The van der Waals surface area contributed by atoms with Crippen LogP contribution in [0.2, 0.25) is 0 Å². The summed E-state index contributed by atoms with van der Waals surface area (Å²) in [6.07, 6.45) is 0.532. The molecular formula is C25H28FN3OS2. The largest absolute Gasteiger partial charge is 0.325 e. The van der Waals surface area contributed by atoms with Gasteiger partial charge in [-0.15, -0.1) is 0 Å². The molecule has 3 aromatic carbocycles. The Labute approximate surface area is 198 Å². The van der Waals surface area contributed by atoms with Gasteiger partial charge in [0.2, 0.25) is 5.91 Å². The first-order valence-electron chi connectivity index (χ1n) is 10.4. The molecule has 0 fully saturated rings. The van der Waals surface area contributed by atoms with Crippen molar-refractivity contribution in [3.05, 3.63) is 90.2 Å². The molecule has 0 saturated carbocycles. The van der Waals surface area contributed by atoms with Crippen LogP contribution in [0.4, 0.5) is 10.1 Å². The lowest BCUT2D eigenvalue weighted by Crippen LogP contribution is -2.38. The van der Waals surface area contributed by atoms with Crippen molar-refractivity contribution in [3.8, 4) is 0 Å². The van der Waals surface area contributed by atoms with Crippen molar-refractivity contribution in [1.29, 1.82) is 0 Å². The van der Waals surface area contributed by atoms with Crippen molar-refractivity contribution in [3.63, 3.8) is 0 Å². The van der Waals surface area contributed by atoms with E-state index in [0.29, 0.717) is 6.42 Å². The summed E-state index contributed by atoms with van der Waals surface area (Å²) < 4.78 is 19.8. The molecule has 1 atom stereocenters. The summed E-state index contributed by atoms with van der Waals surface area (Å²) in [5, 5.41) is 3.00. The fraction of sp³-hybridized carbons (Fsp3) is 0.240. The van der Waals surface area contributed by atoms with Crippen molar-refractivity contribution in [1.82, 2.24) is 9.44 Å². The Hall–Kier alpha value is -2.32. The summed E-state index contributed by atoms with van der Waals surface area (Å²) in [7, 11) is 0. The minimum Gasteiger partial charge on any atom is -0.325 e. The Balaban J connectivity index is 1.65. The Morgan fingerprint density at radius 2 is 1.47 bits per heavy atom. The van der Waals surface area contributed by atoms with Gasteiger partial charge < -0.3 is 5.32 Å².